The second-order valence-electron chi connectivity index (χ2n) is 7.86. The largest absolute Gasteiger partial charge is 0.347 e. The summed E-state index contributed by atoms with van der Waals surface area (Å²) in [6.45, 7) is 0.383. The molecule has 0 saturated heterocycles. The third-order valence-corrected chi connectivity index (χ3v) is 5.52. The Morgan fingerprint density at radius 1 is 1.00 bits per heavy atom. The van der Waals surface area contributed by atoms with E-state index in [1.807, 2.05) is 36.4 Å². The highest BCUT2D eigenvalue weighted by atomic mass is 16.2. The molecule has 0 fully saturated rings. The molecule has 1 heterocycles. The molecule has 1 aliphatic carbocycles. The highest BCUT2D eigenvalue weighted by Gasteiger charge is 2.18. The van der Waals surface area contributed by atoms with Gasteiger partial charge in [-0.2, -0.15) is 0 Å². The number of anilines is 1. The average Bonchev–Trinajstić information content (AvgIpc) is 2.79. The number of fused-ring (bicyclic) bond motifs is 1. The molecule has 0 saturated carbocycles. The van der Waals surface area contributed by atoms with Gasteiger partial charge in [0.15, 0.2) is 0 Å². The maximum absolute atomic E-state index is 12.2. The molecule has 1 atom stereocenters. The molecule has 0 spiro atoms. The molecule has 31 heavy (non-hydrogen) atoms. The zero-order chi connectivity index (χ0) is 21.6. The smallest absolute Gasteiger partial charge is 0.313 e. The SMILES string of the molecule is NC1CCc2ncc(NC(=O)C(=O)NCCc3ccc(-c4ccccc4)cc3)cc2C1. The van der Waals surface area contributed by atoms with Crippen LogP contribution in [0, 0.1) is 0 Å². The first kappa shape index (κ1) is 20.8. The number of aromatic nitrogens is 1. The molecule has 2 aromatic carbocycles. The molecule has 1 aromatic heterocycles. The summed E-state index contributed by atoms with van der Waals surface area (Å²) >= 11 is 0. The van der Waals surface area contributed by atoms with Gasteiger partial charge in [-0.1, -0.05) is 54.6 Å². The minimum atomic E-state index is -0.693. The van der Waals surface area contributed by atoms with Crippen molar-refractivity contribution in [3.8, 4) is 11.1 Å². The van der Waals surface area contributed by atoms with Crippen LogP contribution in [-0.2, 0) is 28.9 Å². The van der Waals surface area contributed by atoms with Crippen LogP contribution in [-0.4, -0.2) is 29.4 Å². The standard InChI is InChI=1S/C25H26N4O2/c26-21-10-11-23-20(14-21)15-22(16-28-23)29-25(31)24(30)27-13-12-17-6-8-19(9-7-17)18-4-2-1-3-5-18/h1-9,15-16,21H,10-14,26H2,(H,27,30)(H,29,31). The van der Waals surface area contributed by atoms with E-state index in [-0.39, 0.29) is 6.04 Å². The van der Waals surface area contributed by atoms with E-state index >= 15 is 0 Å². The van der Waals surface area contributed by atoms with E-state index in [0.717, 1.165) is 47.2 Å². The number of aryl methyl sites for hydroxylation is 1. The zero-order valence-electron chi connectivity index (χ0n) is 17.3. The molecule has 2 amide bonds. The molecule has 6 heteroatoms. The minimum Gasteiger partial charge on any atom is -0.347 e. The number of nitrogens with one attached hydrogen (secondary N) is 2. The Labute approximate surface area is 181 Å². The number of amides is 2. The molecule has 1 aliphatic rings. The van der Waals surface area contributed by atoms with Gasteiger partial charge < -0.3 is 16.4 Å². The molecule has 4 rings (SSSR count). The van der Waals surface area contributed by atoms with Crippen LogP contribution in [0.5, 0.6) is 0 Å². The van der Waals surface area contributed by atoms with E-state index in [2.05, 4.69) is 39.9 Å². The number of hydrogen-bond acceptors (Lipinski definition) is 4. The van der Waals surface area contributed by atoms with Crippen LogP contribution >= 0.6 is 0 Å². The number of nitrogens with two attached hydrogens (primary N) is 1. The number of carbonyl (C=O) groups is 2. The summed E-state index contributed by atoms with van der Waals surface area (Å²) in [4.78, 5) is 28.8. The Kier molecular flexibility index (Phi) is 6.38. The Balaban J connectivity index is 1.26. The second-order valence-corrected chi connectivity index (χ2v) is 7.86. The van der Waals surface area contributed by atoms with Crippen molar-refractivity contribution in [2.75, 3.05) is 11.9 Å². The molecule has 0 radical (unpaired) electrons. The van der Waals surface area contributed by atoms with Crippen molar-refractivity contribution >= 4 is 17.5 Å². The number of benzene rings is 2. The van der Waals surface area contributed by atoms with E-state index in [1.54, 1.807) is 6.20 Å². The van der Waals surface area contributed by atoms with Crippen LogP contribution in [0.2, 0.25) is 0 Å². The number of hydrogen-bond donors (Lipinski definition) is 3. The van der Waals surface area contributed by atoms with Gasteiger partial charge in [-0.25, -0.2) is 0 Å². The number of pyridine rings is 1. The van der Waals surface area contributed by atoms with Crippen molar-refractivity contribution in [3.05, 3.63) is 83.7 Å². The molecule has 0 aliphatic heterocycles. The lowest BCUT2D eigenvalue weighted by Crippen LogP contribution is -2.36. The Morgan fingerprint density at radius 3 is 2.52 bits per heavy atom. The number of rotatable bonds is 5. The quantitative estimate of drug-likeness (QED) is 0.559. The summed E-state index contributed by atoms with van der Waals surface area (Å²) in [6.07, 6.45) is 4.74. The van der Waals surface area contributed by atoms with Crippen LogP contribution in [0.25, 0.3) is 11.1 Å². The van der Waals surface area contributed by atoms with Crippen molar-refractivity contribution < 1.29 is 9.59 Å². The highest BCUT2D eigenvalue weighted by Crippen LogP contribution is 2.22. The summed E-state index contributed by atoms with van der Waals surface area (Å²) in [5.41, 5.74) is 12.0. The van der Waals surface area contributed by atoms with Gasteiger partial charge in [0.25, 0.3) is 0 Å². The lowest BCUT2D eigenvalue weighted by atomic mass is 9.92. The summed E-state index contributed by atoms with van der Waals surface area (Å²) in [7, 11) is 0. The van der Waals surface area contributed by atoms with E-state index in [4.69, 9.17) is 5.73 Å². The summed E-state index contributed by atoms with van der Waals surface area (Å²) in [5.74, 6) is -1.35. The maximum atomic E-state index is 12.2. The third-order valence-electron chi connectivity index (χ3n) is 5.52. The fourth-order valence-corrected chi connectivity index (χ4v) is 3.80. The van der Waals surface area contributed by atoms with Crippen molar-refractivity contribution in [2.24, 2.45) is 5.73 Å². The topological polar surface area (TPSA) is 97.1 Å². The van der Waals surface area contributed by atoms with Crippen LogP contribution in [0.1, 0.15) is 23.2 Å². The maximum Gasteiger partial charge on any atom is 0.313 e. The predicted octanol–water partition coefficient (Wildman–Crippen LogP) is 2.86. The molecule has 0 bridgehead atoms. The van der Waals surface area contributed by atoms with E-state index in [1.165, 1.54) is 0 Å². The lowest BCUT2D eigenvalue weighted by Gasteiger charge is -2.21. The second kappa shape index (κ2) is 9.53. The Bertz CT molecular complexity index is 1060. The van der Waals surface area contributed by atoms with Crippen LogP contribution in [0.15, 0.2) is 66.9 Å². The normalized spacial score (nSPS) is 15.1. The molecule has 1 unspecified atom stereocenters. The molecule has 3 aromatic rings. The van der Waals surface area contributed by atoms with Crippen LogP contribution in [0.3, 0.4) is 0 Å². The fraction of sp³-hybridized carbons (Fsp3) is 0.240. The van der Waals surface area contributed by atoms with E-state index in [9.17, 15) is 9.59 Å². The first-order chi connectivity index (χ1) is 15.1. The molecular formula is C25H26N4O2. The van der Waals surface area contributed by atoms with Crippen LogP contribution in [0.4, 0.5) is 5.69 Å². The van der Waals surface area contributed by atoms with Gasteiger partial charge in [-0.15, -0.1) is 0 Å². The molecule has 158 valence electrons. The van der Waals surface area contributed by atoms with Gasteiger partial charge in [-0.3, -0.25) is 14.6 Å². The van der Waals surface area contributed by atoms with Gasteiger partial charge in [-0.05, 0) is 54.0 Å². The Hall–Kier alpha value is -3.51. The predicted molar refractivity (Wildman–Crippen MR) is 121 cm³/mol. The van der Waals surface area contributed by atoms with Crippen molar-refractivity contribution in [2.45, 2.75) is 31.7 Å². The summed E-state index contributed by atoms with van der Waals surface area (Å²) < 4.78 is 0. The molecule has 6 nitrogen and oxygen atoms in total. The first-order valence-electron chi connectivity index (χ1n) is 10.6. The first-order valence-corrected chi connectivity index (χ1v) is 10.6. The van der Waals surface area contributed by atoms with E-state index in [0.29, 0.717) is 18.7 Å². The number of nitrogens with zero attached hydrogens (tertiary/aromatic N) is 1. The monoisotopic (exact) mass is 414 g/mol. The minimum absolute atomic E-state index is 0.116. The number of carbonyl (C=O) groups excluding carboxylic acids is 2. The van der Waals surface area contributed by atoms with Gasteiger partial charge in [0, 0.05) is 18.3 Å². The third kappa shape index (κ3) is 5.35. The van der Waals surface area contributed by atoms with Crippen molar-refractivity contribution in [1.29, 1.82) is 0 Å². The zero-order valence-corrected chi connectivity index (χ0v) is 17.3. The molecule has 4 N–H and O–H groups in total. The van der Waals surface area contributed by atoms with Crippen LogP contribution < -0.4 is 16.4 Å². The molecular weight excluding hydrogens is 388 g/mol. The van der Waals surface area contributed by atoms with Gasteiger partial charge in [0.05, 0.1) is 11.9 Å². The lowest BCUT2D eigenvalue weighted by molar-refractivity contribution is -0.136. The summed E-state index contributed by atoms with van der Waals surface area (Å²) in [5, 5.41) is 5.30. The van der Waals surface area contributed by atoms with Crippen molar-refractivity contribution in [1.82, 2.24) is 10.3 Å². The van der Waals surface area contributed by atoms with Gasteiger partial charge in [0.2, 0.25) is 0 Å². The Morgan fingerprint density at radius 2 is 1.74 bits per heavy atom. The van der Waals surface area contributed by atoms with Gasteiger partial charge >= 0.3 is 11.8 Å². The highest BCUT2D eigenvalue weighted by molar-refractivity contribution is 6.39. The van der Waals surface area contributed by atoms with Gasteiger partial charge in [0.1, 0.15) is 0 Å². The average molecular weight is 415 g/mol. The van der Waals surface area contributed by atoms with Crippen molar-refractivity contribution in [3.63, 3.8) is 0 Å². The summed E-state index contributed by atoms with van der Waals surface area (Å²) in [6, 6.07) is 20.3. The fourth-order valence-electron chi connectivity index (χ4n) is 3.80. The van der Waals surface area contributed by atoms with E-state index < -0.39 is 11.8 Å².